The lowest BCUT2D eigenvalue weighted by Crippen LogP contribution is -2.61. The molecule has 11 nitrogen and oxygen atoms in total. The van der Waals surface area contributed by atoms with Gasteiger partial charge in [0.1, 0.15) is 24.4 Å². The van der Waals surface area contributed by atoms with Gasteiger partial charge in [-0.2, -0.15) is 0 Å². The maximum Gasteiger partial charge on any atom is 0.306 e. The van der Waals surface area contributed by atoms with Gasteiger partial charge in [-0.05, 0) is 89.9 Å². The number of ether oxygens (including phenoxy) is 3. The minimum Gasteiger partial charge on any atom is -0.454 e. The van der Waals surface area contributed by atoms with Crippen molar-refractivity contribution in [1.29, 1.82) is 0 Å². The van der Waals surface area contributed by atoms with Crippen LogP contribution in [0.15, 0.2) is 85.1 Å². The van der Waals surface area contributed by atoms with Crippen LogP contribution in [0.25, 0.3) is 0 Å². The summed E-state index contributed by atoms with van der Waals surface area (Å²) in [6.07, 6.45) is 52.0. The molecule has 414 valence electrons. The van der Waals surface area contributed by atoms with Gasteiger partial charge in [0.15, 0.2) is 12.4 Å². The number of rotatable bonds is 47. The summed E-state index contributed by atoms with van der Waals surface area (Å²) in [7, 11) is 0. The van der Waals surface area contributed by atoms with E-state index in [0.29, 0.717) is 19.3 Å². The van der Waals surface area contributed by atoms with Gasteiger partial charge in [-0.15, -0.1) is 0 Å². The molecule has 11 heteroatoms. The van der Waals surface area contributed by atoms with Crippen molar-refractivity contribution in [3.05, 3.63) is 85.1 Å². The first-order valence-corrected chi connectivity index (χ1v) is 28.9. The fourth-order valence-electron chi connectivity index (χ4n) is 8.44. The van der Waals surface area contributed by atoms with E-state index in [9.17, 15) is 35.1 Å². The largest absolute Gasteiger partial charge is 0.454 e. The van der Waals surface area contributed by atoms with Gasteiger partial charge in [0.25, 0.3) is 0 Å². The number of aliphatic hydroxyl groups is 5. The van der Waals surface area contributed by atoms with Gasteiger partial charge in [-0.25, -0.2) is 0 Å². The fourth-order valence-corrected chi connectivity index (χ4v) is 8.44. The number of allylic oxidation sites excluding steroid dienone is 13. The van der Waals surface area contributed by atoms with Crippen molar-refractivity contribution in [2.75, 3.05) is 13.2 Å². The van der Waals surface area contributed by atoms with Crippen molar-refractivity contribution in [2.24, 2.45) is 0 Å². The van der Waals surface area contributed by atoms with E-state index in [-0.39, 0.29) is 19.4 Å². The molecule has 0 aromatic rings. The molecular weight excluding hydrogens is 907 g/mol. The van der Waals surface area contributed by atoms with Gasteiger partial charge in [-0.1, -0.05) is 215 Å². The third kappa shape index (κ3) is 36.7. The van der Waals surface area contributed by atoms with Crippen LogP contribution in [0.5, 0.6) is 0 Å². The topological polar surface area (TPSA) is 175 Å². The van der Waals surface area contributed by atoms with Crippen molar-refractivity contribution in [1.82, 2.24) is 5.32 Å². The van der Waals surface area contributed by atoms with Crippen LogP contribution in [0.4, 0.5) is 0 Å². The smallest absolute Gasteiger partial charge is 0.306 e. The predicted molar refractivity (Wildman–Crippen MR) is 296 cm³/mol. The number of nitrogens with one attached hydrogen (secondary N) is 1. The van der Waals surface area contributed by atoms with E-state index in [2.05, 4.69) is 86.8 Å². The lowest BCUT2D eigenvalue weighted by Gasteiger charge is -2.41. The summed E-state index contributed by atoms with van der Waals surface area (Å²) in [6.45, 7) is 5.60. The summed E-state index contributed by atoms with van der Waals surface area (Å²) in [5.74, 6) is -1.27. The molecule has 8 unspecified atom stereocenters. The number of amides is 1. The fraction of sp³-hybridized carbons (Fsp3) is 0.738. The van der Waals surface area contributed by atoms with Crippen molar-refractivity contribution < 1.29 is 49.3 Å². The Bertz CT molecular complexity index is 1490. The first-order chi connectivity index (χ1) is 35.2. The number of hydrogen-bond donors (Lipinski definition) is 6. The number of unbranched alkanes of at least 4 members (excludes halogenated alkanes) is 21. The Kier molecular flexibility index (Phi) is 45.3. The highest BCUT2D eigenvalue weighted by Gasteiger charge is 2.47. The highest BCUT2D eigenvalue weighted by molar-refractivity contribution is 5.80. The monoisotopic (exact) mass is 1010 g/mol. The third-order valence-electron chi connectivity index (χ3n) is 13.0. The van der Waals surface area contributed by atoms with E-state index < -0.39 is 67.4 Å². The van der Waals surface area contributed by atoms with E-state index in [1.54, 1.807) is 6.08 Å². The average Bonchev–Trinajstić information content (AvgIpc) is 3.38. The molecule has 6 N–H and O–H groups in total. The predicted octanol–water partition coefficient (Wildman–Crippen LogP) is 13.0. The summed E-state index contributed by atoms with van der Waals surface area (Å²) in [5.41, 5.74) is 0. The van der Waals surface area contributed by atoms with Gasteiger partial charge < -0.3 is 45.1 Å². The summed E-state index contributed by atoms with van der Waals surface area (Å²) in [4.78, 5) is 26.4. The van der Waals surface area contributed by atoms with Gasteiger partial charge in [0.05, 0.1) is 25.4 Å². The Morgan fingerprint density at radius 2 is 1.00 bits per heavy atom. The number of carbonyl (C=O) groups is 2. The van der Waals surface area contributed by atoms with Gasteiger partial charge >= 0.3 is 5.97 Å². The molecule has 8 atom stereocenters. The number of carbonyl (C=O) groups excluding carboxylic acids is 2. The van der Waals surface area contributed by atoms with Gasteiger partial charge in [0, 0.05) is 6.42 Å². The molecule has 72 heavy (non-hydrogen) atoms. The number of hydrogen-bond acceptors (Lipinski definition) is 10. The zero-order chi connectivity index (χ0) is 52.5. The van der Waals surface area contributed by atoms with Crippen molar-refractivity contribution >= 4 is 11.9 Å². The number of aliphatic hydroxyl groups excluding tert-OH is 5. The van der Waals surface area contributed by atoms with E-state index in [1.165, 1.54) is 77.0 Å². The molecule has 1 heterocycles. The molecule has 0 aromatic carbocycles. The molecule has 0 spiro atoms. The van der Waals surface area contributed by atoms with E-state index in [0.717, 1.165) is 96.3 Å². The Morgan fingerprint density at radius 1 is 0.556 bits per heavy atom. The molecule has 1 rings (SSSR count). The van der Waals surface area contributed by atoms with Gasteiger partial charge in [0.2, 0.25) is 5.91 Å². The molecule has 1 fully saturated rings. The number of esters is 1. The van der Waals surface area contributed by atoms with Crippen molar-refractivity contribution in [3.63, 3.8) is 0 Å². The van der Waals surface area contributed by atoms with Crippen molar-refractivity contribution in [2.45, 2.75) is 275 Å². The second kappa shape index (κ2) is 48.8. The highest BCUT2D eigenvalue weighted by Crippen LogP contribution is 2.26. The first kappa shape index (κ1) is 66.9. The molecule has 0 radical (unpaired) electrons. The van der Waals surface area contributed by atoms with Gasteiger partial charge in [-0.3, -0.25) is 9.59 Å². The normalized spacial score (nSPS) is 20.1. The van der Waals surface area contributed by atoms with Crippen LogP contribution in [0.1, 0.15) is 226 Å². The zero-order valence-corrected chi connectivity index (χ0v) is 45.5. The van der Waals surface area contributed by atoms with Crippen LogP contribution in [0, 0.1) is 0 Å². The maximum atomic E-state index is 13.4. The highest BCUT2D eigenvalue weighted by atomic mass is 16.7. The van der Waals surface area contributed by atoms with Crippen LogP contribution < -0.4 is 5.32 Å². The van der Waals surface area contributed by atoms with E-state index in [1.807, 2.05) is 18.2 Å². The third-order valence-corrected chi connectivity index (χ3v) is 13.0. The minimum absolute atomic E-state index is 0.0434. The zero-order valence-electron chi connectivity index (χ0n) is 45.5. The van der Waals surface area contributed by atoms with Crippen LogP contribution in [-0.2, 0) is 23.8 Å². The van der Waals surface area contributed by atoms with Crippen molar-refractivity contribution in [3.8, 4) is 0 Å². The molecule has 1 aliphatic heterocycles. The molecule has 1 amide bonds. The maximum absolute atomic E-state index is 13.4. The Labute approximate surface area is 438 Å². The second-order valence-corrected chi connectivity index (χ2v) is 19.6. The molecule has 0 bridgehead atoms. The summed E-state index contributed by atoms with van der Waals surface area (Å²) in [5, 5.41) is 56.8. The Hall–Kier alpha value is -3.16. The molecule has 1 saturated heterocycles. The average molecular weight is 1010 g/mol. The Morgan fingerprint density at radius 3 is 1.53 bits per heavy atom. The molecule has 0 aromatic heterocycles. The second-order valence-electron chi connectivity index (χ2n) is 19.6. The molecular formula is C61H105NO10. The van der Waals surface area contributed by atoms with Crippen LogP contribution in [-0.4, -0.2) is 99.6 Å². The lowest BCUT2D eigenvalue weighted by atomic mass is 9.99. The standard InChI is InChI=1S/C61H105NO10/c1-4-7-10-13-16-19-22-25-26-27-28-31-34-37-40-43-46-49-56(66)72-59-58(68)57(67)55(50-63)71-61(59)70-51-52(53(64)47-44-41-38-35-32-29-23-20-17-14-11-8-5-2)62-60(69)54(65)48-45-42-39-36-33-30-24-21-18-15-12-9-6-3/h9,12,16,18-19,21,25-26,28,31,37,40,44,47,52-55,57-59,61,63-65,67-68H,4-8,10-11,13-15,17,20,22-24,27,29-30,32-36,38-39,41-43,45-46,48-51H2,1-3H3,(H,62,69)/b12-9+,19-16-,21-18+,26-25-,31-28-,40-37-,47-44+. The molecule has 0 aliphatic carbocycles. The summed E-state index contributed by atoms with van der Waals surface area (Å²) in [6, 6.07) is -1.04. The SMILES string of the molecule is CC/C=C/C/C=C/CCCCCCCCC(O)C(=O)NC(COC1OC(CO)C(O)C(O)C1OC(=O)CCC/C=C\C/C=C\C/C=C\C/C=C\CCCCC)C(O)/C=C/CCCCCCCCCCCCC. The van der Waals surface area contributed by atoms with Crippen LogP contribution in [0.2, 0.25) is 0 Å². The molecule has 1 aliphatic rings. The Balaban J connectivity index is 2.78. The van der Waals surface area contributed by atoms with Crippen LogP contribution >= 0.6 is 0 Å². The van der Waals surface area contributed by atoms with E-state index in [4.69, 9.17) is 14.2 Å². The summed E-state index contributed by atoms with van der Waals surface area (Å²) >= 11 is 0. The minimum atomic E-state index is -1.64. The summed E-state index contributed by atoms with van der Waals surface area (Å²) < 4.78 is 17.5. The van der Waals surface area contributed by atoms with Crippen LogP contribution in [0.3, 0.4) is 0 Å². The first-order valence-electron chi connectivity index (χ1n) is 28.9. The molecule has 0 saturated carbocycles. The quantitative estimate of drug-likeness (QED) is 0.0196. The lowest BCUT2D eigenvalue weighted by molar-refractivity contribution is -0.305. The van der Waals surface area contributed by atoms with E-state index >= 15 is 0 Å².